The van der Waals surface area contributed by atoms with Gasteiger partial charge in [0.15, 0.2) is 0 Å². The normalized spacial score (nSPS) is 12.1. The molecule has 0 fully saturated rings. The number of methoxy groups -OCH3 is 1. The fourth-order valence-corrected chi connectivity index (χ4v) is 1.63. The summed E-state index contributed by atoms with van der Waals surface area (Å²) in [5.41, 5.74) is 0. The molecule has 7 heteroatoms. The van der Waals surface area contributed by atoms with E-state index in [9.17, 15) is 14.4 Å². The first-order valence-corrected chi connectivity index (χ1v) is 6.57. The zero-order valence-corrected chi connectivity index (χ0v) is 13.5. The van der Waals surface area contributed by atoms with Gasteiger partial charge in [-0.1, -0.05) is 13.8 Å². The molecular formula is C14H24N2O5. The Morgan fingerprint density at radius 3 is 2.00 bits per heavy atom. The second-order valence-corrected chi connectivity index (χ2v) is 5.09. The minimum absolute atomic E-state index is 0.0537. The highest BCUT2D eigenvalue weighted by Gasteiger charge is 2.25. The Morgan fingerprint density at radius 2 is 1.57 bits per heavy atom. The number of hydrogen-bond donors (Lipinski definition) is 0. The second-order valence-electron chi connectivity index (χ2n) is 5.09. The van der Waals surface area contributed by atoms with E-state index in [1.165, 1.54) is 16.9 Å². The first-order valence-electron chi connectivity index (χ1n) is 6.57. The molecule has 0 aliphatic rings. The molecule has 0 heterocycles. The highest BCUT2D eigenvalue weighted by atomic mass is 16.5. The number of amides is 2. The van der Waals surface area contributed by atoms with Crippen molar-refractivity contribution < 1.29 is 23.9 Å². The van der Waals surface area contributed by atoms with E-state index < -0.39 is 11.9 Å². The topological polar surface area (TPSA) is 76.2 Å². The third-order valence-electron chi connectivity index (χ3n) is 2.90. The molecule has 1 atom stereocenters. The number of carbonyl (C=O) groups is 3. The molecule has 0 aliphatic heterocycles. The lowest BCUT2D eigenvalue weighted by molar-refractivity contribution is -0.140. The molecule has 0 aliphatic carbocycles. The number of ether oxygens (including phenoxy) is 2. The number of esters is 2. The molecule has 120 valence electrons. The van der Waals surface area contributed by atoms with E-state index in [0.29, 0.717) is 0 Å². The summed E-state index contributed by atoms with van der Waals surface area (Å²) in [5.74, 6) is -1.18. The van der Waals surface area contributed by atoms with E-state index in [2.05, 4.69) is 4.74 Å². The van der Waals surface area contributed by atoms with Crippen LogP contribution in [-0.2, 0) is 19.1 Å². The van der Waals surface area contributed by atoms with Crippen LogP contribution in [0.25, 0.3) is 0 Å². The summed E-state index contributed by atoms with van der Waals surface area (Å²) in [5, 5.41) is 0. The van der Waals surface area contributed by atoms with Crippen molar-refractivity contribution >= 4 is 18.0 Å². The number of hydrogen-bond acceptors (Lipinski definition) is 5. The lowest BCUT2D eigenvalue weighted by atomic mass is 10.0. The van der Waals surface area contributed by atoms with Crippen LogP contribution >= 0.6 is 0 Å². The lowest BCUT2D eigenvalue weighted by Gasteiger charge is -2.32. The molecule has 0 aromatic carbocycles. The first kappa shape index (κ1) is 18.9. The van der Waals surface area contributed by atoms with Crippen LogP contribution in [-0.4, -0.2) is 68.7 Å². The zero-order chi connectivity index (χ0) is 16.6. The van der Waals surface area contributed by atoms with Crippen LogP contribution in [0.4, 0.5) is 4.79 Å². The van der Waals surface area contributed by atoms with Crippen molar-refractivity contribution in [2.45, 2.75) is 19.9 Å². The Kier molecular flexibility index (Phi) is 8.11. The largest absolute Gasteiger partial charge is 0.466 e. The fourth-order valence-electron chi connectivity index (χ4n) is 1.63. The fraction of sp³-hybridized carbons (Fsp3) is 0.643. The number of rotatable bonds is 6. The van der Waals surface area contributed by atoms with Crippen LogP contribution in [0.3, 0.4) is 0 Å². The van der Waals surface area contributed by atoms with E-state index in [1.807, 2.05) is 13.8 Å². The van der Waals surface area contributed by atoms with Crippen LogP contribution < -0.4 is 0 Å². The van der Waals surface area contributed by atoms with Crippen LogP contribution in [0.15, 0.2) is 12.2 Å². The number of likely N-dealkylation sites (N-methyl/N-ethyl adjacent to an activating group) is 1. The van der Waals surface area contributed by atoms with Crippen LogP contribution in [0.2, 0.25) is 0 Å². The van der Waals surface area contributed by atoms with Crippen molar-refractivity contribution in [3.8, 4) is 0 Å². The summed E-state index contributed by atoms with van der Waals surface area (Å²) < 4.78 is 9.43. The summed E-state index contributed by atoms with van der Waals surface area (Å²) in [4.78, 5) is 37.3. The third kappa shape index (κ3) is 6.78. The molecule has 0 bridgehead atoms. The van der Waals surface area contributed by atoms with E-state index in [0.717, 1.165) is 12.2 Å². The molecule has 0 spiro atoms. The van der Waals surface area contributed by atoms with Crippen molar-refractivity contribution in [1.29, 1.82) is 0 Å². The van der Waals surface area contributed by atoms with Gasteiger partial charge in [0, 0.05) is 33.3 Å². The van der Waals surface area contributed by atoms with Gasteiger partial charge in [0.2, 0.25) is 0 Å². The molecule has 0 aromatic heterocycles. The Labute approximate surface area is 125 Å². The van der Waals surface area contributed by atoms with Gasteiger partial charge >= 0.3 is 18.0 Å². The second kappa shape index (κ2) is 8.99. The Morgan fingerprint density at radius 1 is 1.05 bits per heavy atom. The highest BCUT2D eigenvalue weighted by molar-refractivity contribution is 5.91. The lowest BCUT2D eigenvalue weighted by Crippen LogP contribution is -2.47. The van der Waals surface area contributed by atoms with Crippen molar-refractivity contribution in [2.24, 2.45) is 5.92 Å². The maximum Gasteiger partial charge on any atom is 0.331 e. The molecule has 0 saturated heterocycles. The summed E-state index contributed by atoms with van der Waals surface area (Å²) >= 11 is 0. The predicted molar refractivity (Wildman–Crippen MR) is 77.6 cm³/mol. The minimum atomic E-state index is -0.656. The van der Waals surface area contributed by atoms with Crippen molar-refractivity contribution in [3.05, 3.63) is 12.2 Å². The van der Waals surface area contributed by atoms with Crippen molar-refractivity contribution in [3.63, 3.8) is 0 Å². The van der Waals surface area contributed by atoms with Crippen LogP contribution in [0.5, 0.6) is 0 Å². The molecule has 21 heavy (non-hydrogen) atoms. The average Bonchev–Trinajstić information content (AvgIpc) is 2.43. The SMILES string of the molecule is COC(=O)/C=C/C(=O)OC[C@H](C(C)C)N(C)C(=O)N(C)C. The number of urea groups is 1. The summed E-state index contributed by atoms with van der Waals surface area (Å²) in [7, 11) is 6.18. The molecule has 7 nitrogen and oxygen atoms in total. The molecule has 2 amide bonds. The number of nitrogens with zero attached hydrogens (tertiary/aromatic N) is 2. The average molecular weight is 300 g/mol. The van der Waals surface area contributed by atoms with Gasteiger partial charge in [-0.05, 0) is 5.92 Å². The van der Waals surface area contributed by atoms with E-state index in [-0.39, 0.29) is 24.6 Å². The molecule has 0 radical (unpaired) electrons. The molecular weight excluding hydrogens is 276 g/mol. The third-order valence-corrected chi connectivity index (χ3v) is 2.90. The maximum atomic E-state index is 11.9. The van der Waals surface area contributed by atoms with Crippen LogP contribution in [0, 0.1) is 5.92 Å². The Bertz CT molecular complexity index is 404. The first-order chi connectivity index (χ1) is 9.70. The van der Waals surface area contributed by atoms with Crippen LogP contribution in [0.1, 0.15) is 13.8 Å². The van der Waals surface area contributed by atoms with Gasteiger partial charge in [-0.25, -0.2) is 14.4 Å². The quantitative estimate of drug-likeness (QED) is 0.538. The van der Waals surface area contributed by atoms with Gasteiger partial charge in [-0.2, -0.15) is 0 Å². The predicted octanol–water partition coefficient (Wildman–Crippen LogP) is 0.897. The Balaban J connectivity index is 4.60. The summed E-state index contributed by atoms with van der Waals surface area (Å²) in [6.07, 6.45) is 1.98. The standard InChI is InChI=1S/C14H24N2O5/c1-10(2)11(16(5)14(19)15(3)4)9-21-13(18)8-7-12(17)20-6/h7-8,10-11H,9H2,1-6H3/b8-7+/t11-/m1/s1. The van der Waals surface area contributed by atoms with Gasteiger partial charge < -0.3 is 19.3 Å². The summed E-state index contributed by atoms with van der Waals surface area (Å²) in [6.45, 7) is 3.92. The van der Waals surface area contributed by atoms with Gasteiger partial charge in [0.1, 0.15) is 6.61 Å². The van der Waals surface area contributed by atoms with Gasteiger partial charge in [0.05, 0.1) is 13.2 Å². The van der Waals surface area contributed by atoms with E-state index >= 15 is 0 Å². The monoisotopic (exact) mass is 300 g/mol. The molecule has 0 aromatic rings. The maximum absolute atomic E-state index is 11.9. The molecule has 0 unspecified atom stereocenters. The van der Waals surface area contributed by atoms with E-state index in [1.54, 1.807) is 21.1 Å². The van der Waals surface area contributed by atoms with E-state index in [4.69, 9.17) is 4.74 Å². The molecule has 0 rings (SSSR count). The molecule has 0 saturated carbocycles. The number of carbonyl (C=O) groups excluding carboxylic acids is 3. The van der Waals surface area contributed by atoms with Crippen molar-refractivity contribution in [1.82, 2.24) is 9.80 Å². The summed E-state index contributed by atoms with van der Waals surface area (Å²) in [6, 6.07) is -0.426. The molecule has 0 N–H and O–H groups in total. The highest BCUT2D eigenvalue weighted by Crippen LogP contribution is 2.11. The van der Waals surface area contributed by atoms with Gasteiger partial charge in [0.25, 0.3) is 0 Å². The Hall–Kier alpha value is -2.05. The smallest absolute Gasteiger partial charge is 0.331 e. The minimum Gasteiger partial charge on any atom is -0.466 e. The van der Waals surface area contributed by atoms with Gasteiger partial charge in [-0.3, -0.25) is 0 Å². The van der Waals surface area contributed by atoms with Crippen molar-refractivity contribution in [2.75, 3.05) is 34.9 Å². The van der Waals surface area contributed by atoms with Gasteiger partial charge in [-0.15, -0.1) is 0 Å². The zero-order valence-electron chi connectivity index (χ0n) is 13.5.